The predicted octanol–water partition coefficient (Wildman–Crippen LogP) is 5.34. The van der Waals surface area contributed by atoms with Gasteiger partial charge in [-0.05, 0) is 55.8 Å². The van der Waals surface area contributed by atoms with Gasteiger partial charge in [-0.1, -0.05) is 50.0 Å². The molecule has 0 aromatic heterocycles. The van der Waals surface area contributed by atoms with Crippen molar-refractivity contribution in [1.82, 2.24) is 5.32 Å². The molecule has 1 unspecified atom stereocenters. The molecule has 0 spiro atoms. The largest absolute Gasteiger partial charge is 0.314 e. The third-order valence-corrected chi connectivity index (χ3v) is 4.16. The smallest absolute Gasteiger partial charge is 0.0595 e. The second-order valence-electron chi connectivity index (χ2n) is 5.45. The van der Waals surface area contributed by atoms with Gasteiger partial charge >= 0.3 is 0 Å². The van der Waals surface area contributed by atoms with Crippen molar-refractivity contribution >= 4 is 23.2 Å². The lowest BCUT2D eigenvalue weighted by Gasteiger charge is -2.22. The molecule has 0 aliphatic heterocycles. The molecule has 1 aromatic rings. The van der Waals surface area contributed by atoms with Crippen LogP contribution < -0.4 is 5.32 Å². The maximum atomic E-state index is 6.03. The fraction of sp³-hybridized carbons (Fsp3) is 0.625. The molecular formula is C16H25Cl2N. The molecule has 0 saturated heterocycles. The van der Waals surface area contributed by atoms with Crippen LogP contribution >= 0.6 is 23.2 Å². The van der Waals surface area contributed by atoms with Crippen molar-refractivity contribution in [3.8, 4) is 0 Å². The van der Waals surface area contributed by atoms with Crippen LogP contribution in [0.15, 0.2) is 18.2 Å². The molecule has 1 nitrogen and oxygen atoms in total. The van der Waals surface area contributed by atoms with Crippen LogP contribution in [-0.4, -0.2) is 12.6 Å². The first-order valence-corrected chi connectivity index (χ1v) is 7.97. The number of benzene rings is 1. The molecule has 0 amide bonds. The minimum absolute atomic E-state index is 0.614. The van der Waals surface area contributed by atoms with Gasteiger partial charge in [0.05, 0.1) is 10.0 Å². The zero-order valence-electron chi connectivity index (χ0n) is 12.2. The summed E-state index contributed by atoms with van der Waals surface area (Å²) in [7, 11) is 0. The van der Waals surface area contributed by atoms with E-state index in [0.29, 0.717) is 22.0 Å². The third-order valence-electron chi connectivity index (χ3n) is 3.43. The van der Waals surface area contributed by atoms with Gasteiger partial charge < -0.3 is 5.32 Å². The molecule has 19 heavy (non-hydrogen) atoms. The molecule has 0 aliphatic carbocycles. The lowest BCUT2D eigenvalue weighted by atomic mass is 9.96. The highest BCUT2D eigenvalue weighted by molar-refractivity contribution is 6.42. The fourth-order valence-corrected chi connectivity index (χ4v) is 2.54. The van der Waals surface area contributed by atoms with Gasteiger partial charge in [0, 0.05) is 6.04 Å². The zero-order chi connectivity index (χ0) is 14.3. The van der Waals surface area contributed by atoms with Crippen LogP contribution in [0.3, 0.4) is 0 Å². The molecular weight excluding hydrogens is 277 g/mol. The van der Waals surface area contributed by atoms with E-state index in [0.717, 1.165) is 13.0 Å². The van der Waals surface area contributed by atoms with E-state index in [1.54, 1.807) is 0 Å². The van der Waals surface area contributed by atoms with Crippen LogP contribution in [0.25, 0.3) is 0 Å². The van der Waals surface area contributed by atoms with E-state index < -0.39 is 0 Å². The van der Waals surface area contributed by atoms with Crippen LogP contribution in [-0.2, 0) is 6.42 Å². The van der Waals surface area contributed by atoms with Crippen molar-refractivity contribution in [3.63, 3.8) is 0 Å². The molecule has 0 radical (unpaired) electrons. The van der Waals surface area contributed by atoms with Crippen LogP contribution in [0.5, 0.6) is 0 Å². The first kappa shape index (κ1) is 16.8. The molecule has 1 N–H and O–H groups in total. The van der Waals surface area contributed by atoms with Crippen molar-refractivity contribution in [2.75, 3.05) is 6.54 Å². The molecule has 3 heteroatoms. The summed E-state index contributed by atoms with van der Waals surface area (Å²) in [6, 6.07) is 6.54. The first-order valence-electron chi connectivity index (χ1n) is 7.22. The maximum Gasteiger partial charge on any atom is 0.0595 e. The Bertz CT molecular complexity index is 377. The quantitative estimate of drug-likeness (QED) is 0.683. The summed E-state index contributed by atoms with van der Waals surface area (Å²) in [5, 5.41) is 4.92. The summed E-state index contributed by atoms with van der Waals surface area (Å²) in [4.78, 5) is 0. The van der Waals surface area contributed by atoms with E-state index in [-0.39, 0.29) is 0 Å². The molecule has 108 valence electrons. The summed E-state index contributed by atoms with van der Waals surface area (Å²) in [6.07, 6.45) is 4.64. The molecule has 1 aromatic carbocycles. The van der Waals surface area contributed by atoms with Crippen molar-refractivity contribution in [1.29, 1.82) is 0 Å². The Labute approximate surface area is 127 Å². The Hall–Kier alpha value is -0.240. The number of rotatable bonds is 8. The monoisotopic (exact) mass is 301 g/mol. The highest BCUT2D eigenvalue weighted by Crippen LogP contribution is 2.23. The van der Waals surface area contributed by atoms with E-state index in [2.05, 4.69) is 32.2 Å². The Morgan fingerprint density at radius 1 is 1.16 bits per heavy atom. The van der Waals surface area contributed by atoms with Crippen LogP contribution in [0.2, 0.25) is 10.0 Å². The Balaban J connectivity index is 2.40. The Morgan fingerprint density at radius 2 is 1.89 bits per heavy atom. The van der Waals surface area contributed by atoms with E-state index in [1.807, 2.05) is 12.1 Å². The van der Waals surface area contributed by atoms with Crippen molar-refractivity contribution in [2.24, 2.45) is 5.92 Å². The topological polar surface area (TPSA) is 12.0 Å². The average molecular weight is 302 g/mol. The summed E-state index contributed by atoms with van der Waals surface area (Å²) >= 11 is 12.0. The van der Waals surface area contributed by atoms with E-state index >= 15 is 0 Å². The molecule has 0 saturated carbocycles. The minimum Gasteiger partial charge on any atom is -0.314 e. The van der Waals surface area contributed by atoms with Gasteiger partial charge in [0.25, 0.3) is 0 Å². The van der Waals surface area contributed by atoms with Gasteiger partial charge in [0.2, 0.25) is 0 Å². The number of hydrogen-bond acceptors (Lipinski definition) is 1. The van der Waals surface area contributed by atoms with Gasteiger partial charge in [-0.2, -0.15) is 0 Å². The van der Waals surface area contributed by atoms with E-state index in [4.69, 9.17) is 23.2 Å². The van der Waals surface area contributed by atoms with Crippen molar-refractivity contribution in [3.05, 3.63) is 33.8 Å². The summed E-state index contributed by atoms with van der Waals surface area (Å²) in [5.41, 5.74) is 1.27. The SMILES string of the molecule is CCCNC(CCCc1ccc(Cl)c(Cl)c1)C(C)C. The lowest BCUT2D eigenvalue weighted by molar-refractivity contribution is 0.370. The summed E-state index contributed by atoms with van der Waals surface area (Å²) in [6.45, 7) is 7.88. The minimum atomic E-state index is 0.614. The van der Waals surface area contributed by atoms with Gasteiger partial charge in [-0.25, -0.2) is 0 Å². The fourth-order valence-electron chi connectivity index (χ4n) is 2.22. The van der Waals surface area contributed by atoms with Gasteiger partial charge in [-0.3, -0.25) is 0 Å². The molecule has 0 bridgehead atoms. The number of aryl methyl sites for hydroxylation is 1. The van der Waals surface area contributed by atoms with E-state index in [9.17, 15) is 0 Å². The highest BCUT2D eigenvalue weighted by atomic mass is 35.5. The third kappa shape index (κ3) is 6.16. The summed E-state index contributed by atoms with van der Waals surface area (Å²) in [5.74, 6) is 0.681. The lowest BCUT2D eigenvalue weighted by Crippen LogP contribution is -2.34. The average Bonchev–Trinajstić information content (AvgIpc) is 2.37. The second kappa shape index (κ2) is 8.84. The van der Waals surface area contributed by atoms with E-state index in [1.165, 1.54) is 24.8 Å². The number of hydrogen-bond donors (Lipinski definition) is 1. The number of halogens is 2. The molecule has 0 fully saturated rings. The molecule has 1 atom stereocenters. The normalized spacial score (nSPS) is 12.9. The second-order valence-corrected chi connectivity index (χ2v) is 6.26. The Morgan fingerprint density at radius 3 is 2.47 bits per heavy atom. The van der Waals surface area contributed by atoms with Crippen molar-refractivity contribution < 1.29 is 0 Å². The van der Waals surface area contributed by atoms with Crippen molar-refractivity contribution in [2.45, 2.75) is 52.5 Å². The predicted molar refractivity (Wildman–Crippen MR) is 86.3 cm³/mol. The zero-order valence-corrected chi connectivity index (χ0v) is 13.7. The van der Waals surface area contributed by atoms with Gasteiger partial charge in [0.15, 0.2) is 0 Å². The van der Waals surface area contributed by atoms with Crippen LogP contribution in [0, 0.1) is 5.92 Å². The van der Waals surface area contributed by atoms with Crippen LogP contribution in [0.4, 0.5) is 0 Å². The van der Waals surface area contributed by atoms with Crippen LogP contribution in [0.1, 0.15) is 45.6 Å². The molecule has 0 aliphatic rings. The highest BCUT2D eigenvalue weighted by Gasteiger charge is 2.11. The Kier molecular flexibility index (Phi) is 7.82. The van der Waals surface area contributed by atoms with Gasteiger partial charge in [-0.15, -0.1) is 0 Å². The summed E-state index contributed by atoms with van der Waals surface area (Å²) < 4.78 is 0. The first-order chi connectivity index (χ1) is 9.04. The molecule has 0 heterocycles. The number of nitrogens with one attached hydrogen (secondary N) is 1. The van der Waals surface area contributed by atoms with Gasteiger partial charge in [0.1, 0.15) is 0 Å². The molecule has 1 rings (SSSR count). The standard InChI is InChI=1S/C16H25Cl2N/c1-4-10-19-16(12(2)3)7-5-6-13-8-9-14(17)15(18)11-13/h8-9,11-12,16,19H,4-7,10H2,1-3H3. The maximum absolute atomic E-state index is 6.03.